The van der Waals surface area contributed by atoms with Crippen LogP contribution < -0.4 is 14.2 Å². The molecule has 0 saturated heterocycles. The summed E-state index contributed by atoms with van der Waals surface area (Å²) in [5, 5.41) is 0. The Bertz CT molecular complexity index is 588. The van der Waals surface area contributed by atoms with E-state index in [1.54, 1.807) is 26.0 Å². The lowest BCUT2D eigenvalue weighted by Gasteiger charge is -2.15. The Morgan fingerprint density at radius 2 is 1.36 bits per heavy atom. The molecule has 7 heteroatoms. The first kappa shape index (κ1) is 20.2. The molecule has 1 aromatic carbocycles. The van der Waals surface area contributed by atoms with Crippen LogP contribution in [-0.2, 0) is 19.1 Å². The van der Waals surface area contributed by atoms with Gasteiger partial charge in [0.05, 0.1) is 19.8 Å². The van der Waals surface area contributed by atoms with Crippen molar-refractivity contribution in [3.05, 3.63) is 17.7 Å². The number of terminal acetylenes is 1. The summed E-state index contributed by atoms with van der Waals surface area (Å²) >= 11 is 0. The van der Waals surface area contributed by atoms with Gasteiger partial charge in [0.1, 0.15) is 22.8 Å². The van der Waals surface area contributed by atoms with E-state index in [9.17, 15) is 9.59 Å². The lowest BCUT2D eigenvalue weighted by Crippen LogP contribution is -2.17. The topological polar surface area (TPSA) is 80.3 Å². The lowest BCUT2D eigenvalue weighted by molar-refractivity contribution is -0.146. The second-order valence-electron chi connectivity index (χ2n) is 4.56. The summed E-state index contributed by atoms with van der Waals surface area (Å²) in [5.41, 5.74) is 0.261. The Balaban J connectivity index is 3.02. The Morgan fingerprint density at radius 1 is 0.880 bits per heavy atom. The van der Waals surface area contributed by atoms with Gasteiger partial charge in [0.25, 0.3) is 0 Å². The van der Waals surface area contributed by atoms with E-state index in [0.29, 0.717) is 12.4 Å². The zero-order valence-electron chi connectivity index (χ0n) is 14.6. The Morgan fingerprint density at radius 3 is 1.72 bits per heavy atom. The maximum absolute atomic E-state index is 11.5. The van der Waals surface area contributed by atoms with Crippen molar-refractivity contribution in [1.29, 1.82) is 0 Å². The second kappa shape index (κ2) is 10.8. The van der Waals surface area contributed by atoms with E-state index in [0.717, 1.165) is 0 Å². The number of carbonyl (C=O) groups is 2. The summed E-state index contributed by atoms with van der Waals surface area (Å²) in [6.07, 6.45) is 5.52. The molecule has 0 radical (unpaired) electrons. The van der Waals surface area contributed by atoms with E-state index >= 15 is 0 Å². The maximum Gasteiger partial charge on any atom is 0.344 e. The number of hydrogen-bond acceptors (Lipinski definition) is 7. The van der Waals surface area contributed by atoms with Crippen LogP contribution in [-0.4, -0.2) is 45.0 Å². The number of hydrogen-bond donors (Lipinski definition) is 0. The van der Waals surface area contributed by atoms with Crippen molar-refractivity contribution in [2.24, 2.45) is 0 Å². The van der Waals surface area contributed by atoms with Gasteiger partial charge in [-0.25, -0.2) is 9.59 Å². The van der Waals surface area contributed by atoms with E-state index in [1.165, 1.54) is 0 Å². The highest BCUT2D eigenvalue weighted by Crippen LogP contribution is 2.34. The second-order valence-corrected chi connectivity index (χ2v) is 4.56. The van der Waals surface area contributed by atoms with E-state index < -0.39 is 11.9 Å². The first-order valence-corrected chi connectivity index (χ1v) is 7.89. The van der Waals surface area contributed by atoms with Gasteiger partial charge in [0.2, 0.25) is 0 Å². The van der Waals surface area contributed by atoms with Gasteiger partial charge in [-0.05, 0) is 20.8 Å². The molecule has 0 aliphatic carbocycles. The zero-order valence-corrected chi connectivity index (χ0v) is 14.6. The average molecular weight is 350 g/mol. The van der Waals surface area contributed by atoms with E-state index in [2.05, 4.69) is 5.92 Å². The molecule has 0 saturated carbocycles. The van der Waals surface area contributed by atoms with Gasteiger partial charge in [-0.1, -0.05) is 5.92 Å². The Labute approximate surface area is 147 Å². The van der Waals surface area contributed by atoms with Crippen LogP contribution in [0.2, 0.25) is 0 Å². The van der Waals surface area contributed by atoms with Gasteiger partial charge < -0.3 is 23.7 Å². The highest BCUT2D eigenvalue weighted by Gasteiger charge is 2.16. The third-order valence-electron chi connectivity index (χ3n) is 2.80. The van der Waals surface area contributed by atoms with Crippen molar-refractivity contribution < 1.29 is 33.3 Å². The minimum absolute atomic E-state index is 0.223. The number of rotatable bonds is 10. The van der Waals surface area contributed by atoms with Gasteiger partial charge in [0, 0.05) is 12.1 Å². The lowest BCUT2D eigenvalue weighted by atomic mass is 10.1. The van der Waals surface area contributed by atoms with Crippen LogP contribution in [0.3, 0.4) is 0 Å². The minimum atomic E-state index is -0.527. The molecular formula is C18H22O7. The summed E-state index contributed by atoms with van der Waals surface area (Å²) < 4.78 is 25.9. The molecule has 0 fully saturated rings. The minimum Gasteiger partial charge on any atom is -0.494 e. The predicted octanol–water partition coefficient (Wildman–Crippen LogP) is 1.95. The Hall–Kier alpha value is -2.88. The van der Waals surface area contributed by atoms with Gasteiger partial charge in [-0.2, -0.15) is 0 Å². The van der Waals surface area contributed by atoms with Crippen LogP contribution in [0, 0.1) is 12.3 Å². The molecule has 25 heavy (non-hydrogen) atoms. The first-order chi connectivity index (χ1) is 12.0. The molecule has 136 valence electrons. The molecule has 0 spiro atoms. The average Bonchev–Trinajstić information content (AvgIpc) is 2.58. The van der Waals surface area contributed by atoms with Crippen LogP contribution in [0.15, 0.2) is 12.1 Å². The predicted molar refractivity (Wildman–Crippen MR) is 89.8 cm³/mol. The molecule has 0 aromatic heterocycles. The van der Waals surface area contributed by atoms with Crippen molar-refractivity contribution in [3.63, 3.8) is 0 Å². The highest BCUT2D eigenvalue weighted by atomic mass is 16.6. The molecule has 7 nitrogen and oxygen atoms in total. The SMILES string of the molecule is C#Cc1c(OCC(=O)OCC)cc(OCC)cc1OCC(=O)OCC. The van der Waals surface area contributed by atoms with Gasteiger partial charge in [-0.15, -0.1) is 6.42 Å². The van der Waals surface area contributed by atoms with Crippen LogP contribution in [0.1, 0.15) is 26.3 Å². The van der Waals surface area contributed by atoms with Crippen molar-refractivity contribution in [3.8, 4) is 29.6 Å². The monoisotopic (exact) mass is 350 g/mol. The van der Waals surface area contributed by atoms with Gasteiger partial charge in [0.15, 0.2) is 13.2 Å². The molecule has 0 aliphatic heterocycles. The van der Waals surface area contributed by atoms with E-state index in [1.807, 2.05) is 6.92 Å². The maximum atomic E-state index is 11.5. The highest BCUT2D eigenvalue weighted by molar-refractivity contribution is 5.72. The van der Waals surface area contributed by atoms with Crippen LogP contribution in [0.4, 0.5) is 0 Å². The van der Waals surface area contributed by atoms with Crippen molar-refractivity contribution >= 4 is 11.9 Å². The molecule has 0 heterocycles. The third kappa shape index (κ3) is 6.63. The molecule has 1 rings (SSSR count). The summed E-state index contributed by atoms with van der Waals surface area (Å²) in [6, 6.07) is 3.10. The number of benzene rings is 1. The first-order valence-electron chi connectivity index (χ1n) is 7.89. The number of carbonyl (C=O) groups excluding carboxylic acids is 2. The summed E-state index contributed by atoms with van der Waals surface area (Å²) in [7, 11) is 0. The fourth-order valence-corrected chi connectivity index (χ4v) is 1.86. The fraction of sp³-hybridized carbons (Fsp3) is 0.444. The molecular weight excluding hydrogens is 328 g/mol. The summed E-state index contributed by atoms with van der Waals surface area (Å²) in [4.78, 5) is 23.0. The normalized spacial score (nSPS) is 9.68. The molecule has 0 bridgehead atoms. The zero-order chi connectivity index (χ0) is 18.7. The summed E-state index contributed by atoms with van der Waals surface area (Å²) in [6.45, 7) is 5.49. The third-order valence-corrected chi connectivity index (χ3v) is 2.80. The number of esters is 2. The quantitative estimate of drug-likeness (QED) is 0.471. The van der Waals surface area contributed by atoms with Crippen LogP contribution in [0.25, 0.3) is 0 Å². The smallest absolute Gasteiger partial charge is 0.344 e. The fourth-order valence-electron chi connectivity index (χ4n) is 1.86. The molecule has 0 N–H and O–H groups in total. The van der Waals surface area contributed by atoms with Crippen LogP contribution in [0.5, 0.6) is 17.2 Å². The van der Waals surface area contributed by atoms with Gasteiger partial charge >= 0.3 is 11.9 Å². The van der Waals surface area contributed by atoms with Crippen molar-refractivity contribution in [2.75, 3.05) is 33.0 Å². The molecule has 0 aliphatic rings. The van der Waals surface area contributed by atoms with Crippen molar-refractivity contribution in [1.82, 2.24) is 0 Å². The Kier molecular flexibility index (Phi) is 8.72. The van der Waals surface area contributed by atoms with Crippen molar-refractivity contribution in [2.45, 2.75) is 20.8 Å². The summed E-state index contributed by atoms with van der Waals surface area (Å²) in [5.74, 6) is 2.26. The molecule has 1 aromatic rings. The standard InChI is InChI=1S/C18H22O7/c1-5-14-15(24-11-17(19)22-7-3)9-13(21-6-2)10-16(14)25-12-18(20)23-8-4/h1,9-10H,6-8,11-12H2,2-4H3. The van der Waals surface area contributed by atoms with Crippen LogP contribution >= 0.6 is 0 Å². The number of ether oxygens (including phenoxy) is 5. The molecule has 0 atom stereocenters. The molecule has 0 unspecified atom stereocenters. The van der Waals surface area contributed by atoms with Gasteiger partial charge in [-0.3, -0.25) is 0 Å². The largest absolute Gasteiger partial charge is 0.494 e. The van der Waals surface area contributed by atoms with E-state index in [-0.39, 0.29) is 43.5 Å². The molecule has 0 amide bonds. The van der Waals surface area contributed by atoms with E-state index in [4.69, 9.17) is 30.1 Å².